The van der Waals surface area contributed by atoms with E-state index in [0.717, 1.165) is 76.5 Å². The van der Waals surface area contributed by atoms with Crippen molar-refractivity contribution in [3.63, 3.8) is 0 Å². The maximum atomic E-state index is 4.27. The molecule has 0 saturated heterocycles. The fraction of sp³-hybridized carbons (Fsp3) is 0.293. The van der Waals surface area contributed by atoms with Crippen molar-refractivity contribution in [1.29, 1.82) is 0 Å². The standard InChI is InChI=1S/C82H82Si2/c1-77(2,3)83(78(4,5)6,79(7,8)9)45-43-67-73-51-61-35-25-21-31-57(61)47-69(73)65(70-48-58-32-22-26-36-62(58)52-74(67)70)41-39-55-29-19-20-30-56(55)40-42-66-71-49-59-33-23-27-37-63(59)53-75(71)68(76-54-64-38-28-24-34-60(64)50-72(66)76)44-46-84(80(10,11)12,81(13,14)15)82(16,17)18/h19-38,47-54H,1-18H3. The van der Waals surface area contributed by atoms with Crippen molar-refractivity contribution in [2.45, 2.75) is 155 Å². The highest BCUT2D eigenvalue weighted by molar-refractivity contribution is 6.95. The van der Waals surface area contributed by atoms with Crippen LogP contribution in [0.25, 0.3) is 86.2 Å². The normalized spacial score (nSPS) is 13.0. The quantitative estimate of drug-likeness (QED) is 0.0806. The van der Waals surface area contributed by atoms with Crippen LogP contribution in [0.15, 0.2) is 170 Å². The Balaban J connectivity index is 1.18. The van der Waals surface area contributed by atoms with Gasteiger partial charge in [0.05, 0.1) is 0 Å². The van der Waals surface area contributed by atoms with Crippen LogP contribution in [-0.2, 0) is 0 Å². The lowest BCUT2D eigenvalue weighted by Gasteiger charge is -2.55. The molecule has 0 unspecified atom stereocenters. The van der Waals surface area contributed by atoms with Crippen LogP contribution in [0.3, 0.4) is 0 Å². The van der Waals surface area contributed by atoms with Gasteiger partial charge in [-0.2, -0.15) is 0 Å². The van der Waals surface area contributed by atoms with E-state index in [2.05, 4.69) is 341 Å². The predicted molar refractivity (Wildman–Crippen MR) is 375 cm³/mol. The highest BCUT2D eigenvalue weighted by atomic mass is 28.3. The molecule has 0 atom stereocenters. The van der Waals surface area contributed by atoms with Gasteiger partial charge in [-0.3, -0.25) is 0 Å². The molecule has 0 aliphatic rings. The van der Waals surface area contributed by atoms with Gasteiger partial charge in [0, 0.05) is 33.4 Å². The van der Waals surface area contributed by atoms with Crippen LogP contribution in [0.5, 0.6) is 0 Å². The molecule has 11 rings (SSSR count). The lowest BCUT2D eigenvalue weighted by Crippen LogP contribution is -2.57. The summed E-state index contributed by atoms with van der Waals surface area (Å²) in [5.74, 6) is 23.5. The lowest BCUT2D eigenvalue weighted by molar-refractivity contribution is 0.548. The number of rotatable bonds is 0. The Bertz CT molecular complexity index is 4220. The Kier molecular flexibility index (Phi) is 14.1. The molecule has 11 aromatic carbocycles. The van der Waals surface area contributed by atoms with E-state index in [0.29, 0.717) is 0 Å². The molecule has 0 heterocycles. The van der Waals surface area contributed by atoms with Crippen molar-refractivity contribution < 1.29 is 0 Å². The van der Waals surface area contributed by atoms with Crippen LogP contribution in [0.1, 0.15) is 158 Å². The molecule has 0 aliphatic carbocycles. The minimum atomic E-state index is -2.47. The van der Waals surface area contributed by atoms with Gasteiger partial charge in [-0.1, -0.05) is 269 Å². The van der Waals surface area contributed by atoms with E-state index < -0.39 is 16.1 Å². The highest BCUT2D eigenvalue weighted by Gasteiger charge is 2.60. The first-order valence-electron chi connectivity index (χ1n) is 30.3. The molecule has 0 N–H and O–H groups in total. The Morgan fingerprint density at radius 1 is 0.214 bits per heavy atom. The first-order chi connectivity index (χ1) is 39.4. The minimum Gasteiger partial charge on any atom is -0.124 e. The molecule has 0 amide bonds. The second kappa shape index (κ2) is 20.5. The number of hydrogen-bond donors (Lipinski definition) is 0. The average molecular weight is 1120 g/mol. The van der Waals surface area contributed by atoms with Gasteiger partial charge in [-0.05, 0) is 177 Å². The van der Waals surface area contributed by atoms with Crippen molar-refractivity contribution in [3.8, 4) is 46.6 Å². The van der Waals surface area contributed by atoms with Crippen LogP contribution in [0.4, 0.5) is 0 Å². The summed E-state index contributed by atoms with van der Waals surface area (Å²) >= 11 is 0. The van der Waals surface area contributed by atoms with Crippen molar-refractivity contribution >= 4 is 102 Å². The van der Waals surface area contributed by atoms with E-state index in [1.807, 2.05) is 0 Å². The molecule has 0 aliphatic heterocycles. The molecule has 2 heteroatoms. The van der Waals surface area contributed by atoms with Crippen molar-refractivity contribution in [2.24, 2.45) is 0 Å². The number of benzene rings is 11. The Hall–Kier alpha value is -7.83. The monoisotopic (exact) mass is 1120 g/mol. The first kappa shape index (κ1) is 58.0. The van der Waals surface area contributed by atoms with Gasteiger partial charge < -0.3 is 0 Å². The van der Waals surface area contributed by atoms with Crippen LogP contribution >= 0.6 is 0 Å². The first-order valence-corrected chi connectivity index (χ1v) is 34.3. The third-order valence-electron chi connectivity index (χ3n) is 18.8. The van der Waals surface area contributed by atoms with E-state index in [1.54, 1.807) is 0 Å². The van der Waals surface area contributed by atoms with Crippen LogP contribution < -0.4 is 0 Å². The zero-order chi connectivity index (χ0) is 60.2. The summed E-state index contributed by atoms with van der Waals surface area (Å²) in [5.41, 5.74) is 14.5. The maximum absolute atomic E-state index is 4.27. The van der Waals surface area contributed by atoms with Crippen LogP contribution in [-0.4, -0.2) is 16.1 Å². The summed E-state index contributed by atoms with van der Waals surface area (Å²) in [7, 11) is -4.94. The summed E-state index contributed by atoms with van der Waals surface area (Å²) in [6.07, 6.45) is 0. The molecule has 418 valence electrons. The molecule has 0 fully saturated rings. The van der Waals surface area contributed by atoms with Gasteiger partial charge in [0.25, 0.3) is 0 Å². The Morgan fingerprint density at radius 3 is 0.560 bits per heavy atom. The molecule has 0 spiro atoms. The molecule has 0 radical (unpaired) electrons. The highest BCUT2D eigenvalue weighted by Crippen LogP contribution is 2.63. The third kappa shape index (κ3) is 9.62. The number of hydrogen-bond acceptors (Lipinski definition) is 0. The second-order valence-electron chi connectivity index (χ2n) is 30.0. The summed E-state index contributed by atoms with van der Waals surface area (Å²) in [5, 5.41) is 18.5. The van der Waals surface area contributed by atoms with Crippen LogP contribution in [0.2, 0.25) is 30.2 Å². The lowest BCUT2D eigenvalue weighted by atomic mass is 9.88. The van der Waals surface area contributed by atoms with Gasteiger partial charge in [-0.15, -0.1) is 11.1 Å². The summed E-state index contributed by atoms with van der Waals surface area (Å²) in [6.45, 7) is 43.8. The van der Waals surface area contributed by atoms with E-state index in [1.165, 1.54) is 43.1 Å². The van der Waals surface area contributed by atoms with E-state index in [9.17, 15) is 0 Å². The third-order valence-corrected chi connectivity index (χ3v) is 33.3. The predicted octanol–water partition coefficient (Wildman–Crippen LogP) is 23.2. The van der Waals surface area contributed by atoms with Gasteiger partial charge in [0.1, 0.15) is 0 Å². The fourth-order valence-corrected chi connectivity index (χ4v) is 33.3. The zero-order valence-corrected chi connectivity index (χ0v) is 55.2. The van der Waals surface area contributed by atoms with Crippen molar-refractivity contribution in [3.05, 3.63) is 203 Å². The minimum absolute atomic E-state index is 0.00344. The fourth-order valence-electron chi connectivity index (χ4n) is 16.9. The largest absolute Gasteiger partial charge is 0.154 e. The molecule has 84 heavy (non-hydrogen) atoms. The van der Waals surface area contributed by atoms with Crippen molar-refractivity contribution in [2.75, 3.05) is 0 Å². The summed E-state index contributed by atoms with van der Waals surface area (Å²) in [6, 6.07) is 62.3. The van der Waals surface area contributed by atoms with Gasteiger partial charge in [-0.25, -0.2) is 0 Å². The van der Waals surface area contributed by atoms with E-state index in [-0.39, 0.29) is 30.2 Å². The molecule has 0 nitrogen and oxygen atoms in total. The molecule has 11 aromatic rings. The number of fused-ring (bicyclic) bond motifs is 8. The summed E-state index contributed by atoms with van der Waals surface area (Å²) in [4.78, 5) is 0. The van der Waals surface area contributed by atoms with E-state index >= 15 is 0 Å². The van der Waals surface area contributed by atoms with Gasteiger partial charge in [0.15, 0.2) is 16.1 Å². The van der Waals surface area contributed by atoms with Gasteiger partial charge >= 0.3 is 0 Å². The molecule has 0 saturated carbocycles. The average Bonchev–Trinajstić information content (AvgIpc) is 0.911. The Morgan fingerprint density at radius 2 is 0.381 bits per heavy atom. The topological polar surface area (TPSA) is 0 Å². The SMILES string of the molecule is CC(C)(C)[Si](C#Cc1c2cc3ccccc3cc2c(C#Cc2ccccc2C#Cc2c3cc4ccccc4cc3c(C#C[Si](C(C)(C)C)(C(C)(C)C)C(C)(C)C)c3cc4ccccc4cc23)c2cc3ccccc3cc12)(C(C)(C)C)C(C)(C)C. The van der Waals surface area contributed by atoms with Crippen molar-refractivity contribution in [1.82, 2.24) is 0 Å². The molecule has 0 bridgehead atoms. The Labute approximate surface area is 503 Å². The summed E-state index contributed by atoms with van der Waals surface area (Å²) < 4.78 is 0. The zero-order valence-electron chi connectivity index (χ0n) is 53.2. The second-order valence-corrected chi connectivity index (χ2v) is 42.5. The maximum Gasteiger partial charge on any atom is 0.154 e. The smallest absolute Gasteiger partial charge is 0.124 e. The van der Waals surface area contributed by atoms with Crippen LogP contribution in [0, 0.1) is 46.6 Å². The molecule has 0 aromatic heterocycles. The molecular formula is C82H82Si2. The van der Waals surface area contributed by atoms with E-state index in [4.69, 9.17) is 0 Å². The molecular weight excluding hydrogens is 1040 g/mol. The van der Waals surface area contributed by atoms with Gasteiger partial charge in [0.2, 0.25) is 0 Å².